The first-order valence-corrected chi connectivity index (χ1v) is 6.00. The van der Waals surface area contributed by atoms with Crippen molar-refractivity contribution in [3.63, 3.8) is 0 Å². The zero-order valence-electron chi connectivity index (χ0n) is 9.84. The van der Waals surface area contributed by atoms with Gasteiger partial charge >= 0.3 is 0 Å². The topological polar surface area (TPSA) is 26.0 Å². The van der Waals surface area contributed by atoms with Crippen LogP contribution < -0.4 is 5.73 Å². The van der Waals surface area contributed by atoms with E-state index in [0.717, 1.165) is 12.1 Å². The van der Waals surface area contributed by atoms with Crippen molar-refractivity contribution in [2.75, 3.05) is 0 Å². The fraction of sp³-hybridized carbons (Fsp3) is 0.143. The van der Waals surface area contributed by atoms with Crippen molar-refractivity contribution < 1.29 is 13.2 Å². The number of benzene rings is 2. The van der Waals surface area contributed by atoms with Crippen molar-refractivity contribution >= 4 is 11.6 Å². The summed E-state index contributed by atoms with van der Waals surface area (Å²) in [4.78, 5) is 0. The highest BCUT2D eigenvalue weighted by Gasteiger charge is 2.15. The summed E-state index contributed by atoms with van der Waals surface area (Å²) >= 11 is 5.67. The molecule has 0 aliphatic heterocycles. The van der Waals surface area contributed by atoms with Crippen molar-refractivity contribution in [2.24, 2.45) is 5.73 Å². The molecular formula is C14H11ClF3N. The molecule has 0 heterocycles. The Morgan fingerprint density at radius 1 is 1.05 bits per heavy atom. The highest BCUT2D eigenvalue weighted by molar-refractivity contribution is 6.30. The summed E-state index contributed by atoms with van der Waals surface area (Å²) in [7, 11) is 0. The van der Waals surface area contributed by atoms with Gasteiger partial charge in [-0.15, -0.1) is 0 Å². The summed E-state index contributed by atoms with van der Waals surface area (Å²) in [6, 6.07) is 7.34. The molecule has 2 aromatic rings. The van der Waals surface area contributed by atoms with Gasteiger partial charge in [-0.3, -0.25) is 0 Å². The smallest absolute Gasteiger partial charge is 0.159 e. The Labute approximate surface area is 113 Å². The summed E-state index contributed by atoms with van der Waals surface area (Å²) in [6.07, 6.45) is 0.189. The van der Waals surface area contributed by atoms with Gasteiger partial charge in [0.05, 0.1) is 5.02 Å². The first kappa shape index (κ1) is 13.9. The molecule has 2 N–H and O–H groups in total. The number of rotatable bonds is 3. The van der Waals surface area contributed by atoms with Crippen LogP contribution in [0, 0.1) is 17.5 Å². The summed E-state index contributed by atoms with van der Waals surface area (Å²) in [5.41, 5.74) is 6.61. The van der Waals surface area contributed by atoms with Crippen LogP contribution in [0.15, 0.2) is 36.4 Å². The fourth-order valence-electron chi connectivity index (χ4n) is 1.84. The standard InChI is InChI=1S/C14H11ClF3N/c15-10-3-1-2-9(14(10)18)13(19)7-8-4-5-11(16)12(17)6-8/h1-6,13H,7,19H2. The molecule has 19 heavy (non-hydrogen) atoms. The molecule has 0 fully saturated rings. The molecule has 2 aromatic carbocycles. The fourth-order valence-corrected chi connectivity index (χ4v) is 2.02. The lowest BCUT2D eigenvalue weighted by molar-refractivity contribution is 0.505. The van der Waals surface area contributed by atoms with E-state index < -0.39 is 23.5 Å². The molecule has 2 rings (SSSR count). The third-order valence-corrected chi connectivity index (χ3v) is 3.11. The predicted molar refractivity (Wildman–Crippen MR) is 68.4 cm³/mol. The molecule has 0 aromatic heterocycles. The predicted octanol–water partition coefficient (Wildman–Crippen LogP) is 4.00. The Balaban J connectivity index is 2.23. The summed E-state index contributed by atoms with van der Waals surface area (Å²) in [5.74, 6) is -2.46. The number of nitrogens with two attached hydrogens (primary N) is 1. The average molecular weight is 286 g/mol. The first-order chi connectivity index (χ1) is 8.99. The van der Waals surface area contributed by atoms with Crippen LogP contribution in [0.5, 0.6) is 0 Å². The molecule has 1 unspecified atom stereocenters. The number of halogens is 4. The van der Waals surface area contributed by atoms with Crippen molar-refractivity contribution in [3.05, 3.63) is 70.0 Å². The molecule has 1 atom stereocenters. The lowest BCUT2D eigenvalue weighted by atomic mass is 9.99. The highest BCUT2D eigenvalue weighted by atomic mass is 35.5. The maximum Gasteiger partial charge on any atom is 0.159 e. The zero-order valence-corrected chi connectivity index (χ0v) is 10.6. The Bertz CT molecular complexity index is 601. The van der Waals surface area contributed by atoms with Crippen LogP contribution in [0.4, 0.5) is 13.2 Å². The van der Waals surface area contributed by atoms with E-state index in [4.69, 9.17) is 17.3 Å². The van der Waals surface area contributed by atoms with E-state index in [0.29, 0.717) is 5.56 Å². The molecule has 0 saturated heterocycles. The largest absolute Gasteiger partial charge is 0.324 e. The summed E-state index contributed by atoms with van der Waals surface area (Å²) in [6.45, 7) is 0. The minimum absolute atomic E-state index is 0.0155. The molecule has 0 amide bonds. The van der Waals surface area contributed by atoms with Crippen LogP contribution in [0.25, 0.3) is 0 Å². The van der Waals surface area contributed by atoms with Gasteiger partial charge in [0.2, 0.25) is 0 Å². The van der Waals surface area contributed by atoms with Crippen LogP contribution in [0.3, 0.4) is 0 Å². The monoisotopic (exact) mass is 285 g/mol. The molecule has 0 aliphatic carbocycles. The van der Waals surface area contributed by atoms with E-state index >= 15 is 0 Å². The summed E-state index contributed by atoms with van der Waals surface area (Å²) < 4.78 is 39.6. The van der Waals surface area contributed by atoms with Crippen LogP contribution in [0.1, 0.15) is 17.2 Å². The second-order valence-corrected chi connectivity index (χ2v) is 4.61. The van der Waals surface area contributed by atoms with Crippen LogP contribution >= 0.6 is 11.6 Å². The van der Waals surface area contributed by atoms with Gasteiger partial charge in [0, 0.05) is 11.6 Å². The van der Waals surface area contributed by atoms with E-state index in [1.807, 2.05) is 0 Å². The van der Waals surface area contributed by atoms with Crippen molar-refractivity contribution in [1.82, 2.24) is 0 Å². The van der Waals surface area contributed by atoms with Crippen molar-refractivity contribution in [1.29, 1.82) is 0 Å². The van der Waals surface area contributed by atoms with E-state index in [2.05, 4.69) is 0 Å². The van der Waals surface area contributed by atoms with Gasteiger partial charge < -0.3 is 5.73 Å². The van der Waals surface area contributed by atoms with Crippen LogP contribution in [-0.2, 0) is 6.42 Å². The first-order valence-electron chi connectivity index (χ1n) is 5.62. The van der Waals surface area contributed by atoms with Gasteiger partial charge in [-0.05, 0) is 30.2 Å². The Morgan fingerprint density at radius 3 is 2.47 bits per heavy atom. The lowest BCUT2D eigenvalue weighted by Crippen LogP contribution is -2.15. The minimum atomic E-state index is -0.948. The second-order valence-electron chi connectivity index (χ2n) is 4.20. The SMILES string of the molecule is NC(Cc1ccc(F)c(F)c1)c1cccc(Cl)c1F. The van der Waals surface area contributed by atoms with Gasteiger partial charge in [0.25, 0.3) is 0 Å². The highest BCUT2D eigenvalue weighted by Crippen LogP contribution is 2.24. The average Bonchev–Trinajstić information content (AvgIpc) is 2.37. The second kappa shape index (κ2) is 5.63. The molecule has 100 valence electrons. The Hall–Kier alpha value is -1.52. The van der Waals surface area contributed by atoms with Gasteiger partial charge in [-0.1, -0.05) is 29.8 Å². The molecule has 0 bridgehead atoms. The lowest BCUT2D eigenvalue weighted by Gasteiger charge is -2.14. The number of hydrogen-bond donors (Lipinski definition) is 1. The molecule has 0 spiro atoms. The molecule has 0 aliphatic rings. The molecule has 1 nitrogen and oxygen atoms in total. The molecular weight excluding hydrogens is 275 g/mol. The van der Waals surface area contributed by atoms with E-state index in [9.17, 15) is 13.2 Å². The zero-order chi connectivity index (χ0) is 14.0. The maximum atomic E-state index is 13.8. The van der Waals surface area contributed by atoms with Gasteiger partial charge in [0.1, 0.15) is 5.82 Å². The third kappa shape index (κ3) is 3.08. The number of hydrogen-bond acceptors (Lipinski definition) is 1. The quantitative estimate of drug-likeness (QED) is 0.906. The van der Waals surface area contributed by atoms with Crippen LogP contribution in [0.2, 0.25) is 5.02 Å². The van der Waals surface area contributed by atoms with E-state index in [-0.39, 0.29) is 17.0 Å². The molecule has 0 radical (unpaired) electrons. The minimum Gasteiger partial charge on any atom is -0.324 e. The van der Waals surface area contributed by atoms with E-state index in [1.54, 1.807) is 6.07 Å². The molecule has 5 heteroatoms. The maximum absolute atomic E-state index is 13.8. The van der Waals surface area contributed by atoms with Gasteiger partial charge in [-0.25, -0.2) is 13.2 Å². The van der Waals surface area contributed by atoms with E-state index in [1.165, 1.54) is 18.2 Å². The van der Waals surface area contributed by atoms with Crippen molar-refractivity contribution in [3.8, 4) is 0 Å². The van der Waals surface area contributed by atoms with Crippen LogP contribution in [-0.4, -0.2) is 0 Å². The Morgan fingerprint density at radius 2 is 1.79 bits per heavy atom. The van der Waals surface area contributed by atoms with Gasteiger partial charge in [-0.2, -0.15) is 0 Å². The molecule has 0 saturated carbocycles. The Kier molecular flexibility index (Phi) is 4.12. The normalized spacial score (nSPS) is 12.5. The van der Waals surface area contributed by atoms with Gasteiger partial charge in [0.15, 0.2) is 11.6 Å². The summed E-state index contributed by atoms with van der Waals surface area (Å²) in [5, 5.41) is -0.0155. The van der Waals surface area contributed by atoms with Crippen molar-refractivity contribution in [2.45, 2.75) is 12.5 Å². The third-order valence-electron chi connectivity index (χ3n) is 2.82.